The molecule has 1 saturated heterocycles. The fraction of sp³-hybridized carbons (Fsp3) is 0.500. The van der Waals surface area contributed by atoms with Crippen molar-refractivity contribution in [2.75, 3.05) is 31.2 Å². The van der Waals surface area contributed by atoms with Gasteiger partial charge in [-0.25, -0.2) is 23.1 Å². The topological polar surface area (TPSA) is 93.6 Å². The first-order chi connectivity index (χ1) is 13.9. The second-order valence-corrected chi connectivity index (χ2v) is 8.51. The summed E-state index contributed by atoms with van der Waals surface area (Å²) in [6.07, 6.45) is 2.28. The Kier molecular flexibility index (Phi) is 6.92. The summed E-state index contributed by atoms with van der Waals surface area (Å²) in [6.45, 7) is 8.26. The molecule has 0 unspecified atom stereocenters. The maximum atomic E-state index is 13.0. The number of anilines is 1. The minimum atomic E-state index is -3.85. The predicted octanol–water partition coefficient (Wildman–Crippen LogP) is 2.66. The lowest BCUT2D eigenvalue weighted by atomic mass is 10.3. The maximum Gasteiger partial charge on any atom is 0.244 e. The van der Waals surface area contributed by atoms with Crippen LogP contribution in [0.4, 0.5) is 5.82 Å². The van der Waals surface area contributed by atoms with E-state index in [9.17, 15) is 8.42 Å². The molecule has 1 aliphatic heterocycles. The van der Waals surface area contributed by atoms with Gasteiger partial charge in [-0.15, -0.1) is 0 Å². The molecule has 1 fully saturated rings. The standard InChI is InChI=1S/C20H28N4O4S/c1-4-27-16-8-9-17(28-5-2)18(13-16)29(25,26)21-14-19-22-15(3)12-20(23-19)24-10-6-7-11-24/h8-9,12-13,21H,4-7,10-11,14H2,1-3H3. The number of sulfonamides is 1. The molecule has 9 heteroatoms. The van der Waals surface area contributed by atoms with Crippen molar-refractivity contribution in [3.05, 3.63) is 35.8 Å². The molecule has 0 atom stereocenters. The second-order valence-electron chi connectivity index (χ2n) is 6.78. The van der Waals surface area contributed by atoms with Crippen LogP contribution >= 0.6 is 0 Å². The van der Waals surface area contributed by atoms with Crippen molar-refractivity contribution in [3.63, 3.8) is 0 Å². The predicted molar refractivity (Wildman–Crippen MR) is 111 cm³/mol. The normalized spacial score (nSPS) is 14.2. The van der Waals surface area contributed by atoms with Gasteiger partial charge in [-0.1, -0.05) is 0 Å². The molecule has 1 aromatic carbocycles. The van der Waals surface area contributed by atoms with E-state index >= 15 is 0 Å². The number of aryl methyl sites for hydroxylation is 1. The Balaban J connectivity index is 1.82. The smallest absolute Gasteiger partial charge is 0.244 e. The van der Waals surface area contributed by atoms with Crippen LogP contribution in [-0.2, 0) is 16.6 Å². The number of aromatic nitrogens is 2. The molecular weight excluding hydrogens is 392 g/mol. The highest BCUT2D eigenvalue weighted by Crippen LogP contribution is 2.29. The molecule has 1 N–H and O–H groups in total. The van der Waals surface area contributed by atoms with Crippen molar-refractivity contribution in [1.29, 1.82) is 0 Å². The van der Waals surface area contributed by atoms with Crippen molar-refractivity contribution in [2.45, 2.75) is 45.1 Å². The van der Waals surface area contributed by atoms with Gasteiger partial charge in [0.15, 0.2) is 0 Å². The lowest BCUT2D eigenvalue weighted by Gasteiger charge is -2.18. The van der Waals surface area contributed by atoms with Gasteiger partial charge in [0.25, 0.3) is 0 Å². The van der Waals surface area contributed by atoms with E-state index < -0.39 is 10.0 Å². The maximum absolute atomic E-state index is 13.0. The Morgan fingerprint density at radius 2 is 1.79 bits per heavy atom. The molecule has 0 bridgehead atoms. The fourth-order valence-corrected chi connectivity index (χ4v) is 4.40. The van der Waals surface area contributed by atoms with Crippen LogP contribution in [0.3, 0.4) is 0 Å². The molecule has 0 aliphatic carbocycles. The third kappa shape index (κ3) is 5.36. The highest BCUT2D eigenvalue weighted by atomic mass is 32.2. The number of nitrogens with one attached hydrogen (secondary N) is 1. The van der Waals surface area contributed by atoms with E-state index in [1.165, 1.54) is 6.07 Å². The van der Waals surface area contributed by atoms with Gasteiger partial charge in [0.2, 0.25) is 10.0 Å². The zero-order valence-electron chi connectivity index (χ0n) is 17.1. The molecule has 1 aliphatic rings. The number of hydrogen-bond acceptors (Lipinski definition) is 7. The largest absolute Gasteiger partial charge is 0.494 e. The van der Waals surface area contributed by atoms with E-state index in [2.05, 4.69) is 19.6 Å². The summed E-state index contributed by atoms with van der Waals surface area (Å²) in [4.78, 5) is 11.2. The summed E-state index contributed by atoms with van der Waals surface area (Å²) in [5.74, 6) is 2.04. The molecule has 29 heavy (non-hydrogen) atoms. The molecule has 3 rings (SSSR count). The van der Waals surface area contributed by atoms with Crippen LogP contribution in [-0.4, -0.2) is 44.7 Å². The molecule has 2 heterocycles. The van der Waals surface area contributed by atoms with E-state index in [0.29, 0.717) is 24.8 Å². The van der Waals surface area contributed by atoms with Gasteiger partial charge in [0.05, 0.1) is 19.8 Å². The summed E-state index contributed by atoms with van der Waals surface area (Å²) in [5, 5.41) is 0. The average Bonchev–Trinajstić information content (AvgIpc) is 3.23. The minimum absolute atomic E-state index is 0.00468. The second kappa shape index (κ2) is 9.41. The van der Waals surface area contributed by atoms with Gasteiger partial charge in [-0.2, -0.15) is 0 Å². The van der Waals surface area contributed by atoms with E-state index in [1.807, 2.05) is 19.9 Å². The molecule has 0 saturated carbocycles. The molecule has 2 aromatic rings. The van der Waals surface area contributed by atoms with Crippen LogP contribution in [0.5, 0.6) is 11.5 Å². The molecule has 8 nitrogen and oxygen atoms in total. The Morgan fingerprint density at radius 3 is 2.48 bits per heavy atom. The molecule has 1 aromatic heterocycles. The van der Waals surface area contributed by atoms with Crippen molar-refractivity contribution in [1.82, 2.24) is 14.7 Å². The van der Waals surface area contributed by atoms with Gasteiger partial charge in [-0.05, 0) is 45.7 Å². The highest BCUT2D eigenvalue weighted by molar-refractivity contribution is 7.89. The lowest BCUT2D eigenvalue weighted by Crippen LogP contribution is -2.26. The van der Waals surface area contributed by atoms with Crippen LogP contribution in [0, 0.1) is 6.92 Å². The van der Waals surface area contributed by atoms with Crippen molar-refractivity contribution in [2.24, 2.45) is 0 Å². The summed E-state index contributed by atoms with van der Waals surface area (Å²) in [7, 11) is -3.85. The first-order valence-electron chi connectivity index (χ1n) is 9.91. The van der Waals surface area contributed by atoms with Crippen LogP contribution in [0.15, 0.2) is 29.2 Å². The van der Waals surface area contributed by atoms with Crippen LogP contribution < -0.4 is 19.1 Å². The number of hydrogen-bond donors (Lipinski definition) is 1. The number of benzene rings is 1. The number of nitrogens with zero attached hydrogens (tertiary/aromatic N) is 3. The SMILES string of the molecule is CCOc1ccc(OCC)c(S(=O)(=O)NCc2nc(C)cc(N3CCCC3)n2)c1. The lowest BCUT2D eigenvalue weighted by molar-refractivity contribution is 0.322. The van der Waals surface area contributed by atoms with Gasteiger partial charge in [0, 0.05) is 30.9 Å². The minimum Gasteiger partial charge on any atom is -0.494 e. The van der Waals surface area contributed by atoms with Crippen LogP contribution in [0.1, 0.15) is 38.2 Å². The van der Waals surface area contributed by atoms with Crippen LogP contribution in [0.25, 0.3) is 0 Å². The first-order valence-corrected chi connectivity index (χ1v) is 11.4. The summed E-state index contributed by atoms with van der Waals surface area (Å²) in [5.41, 5.74) is 0.810. The summed E-state index contributed by atoms with van der Waals surface area (Å²) >= 11 is 0. The molecule has 158 valence electrons. The van der Waals surface area contributed by atoms with E-state index in [-0.39, 0.29) is 17.2 Å². The Morgan fingerprint density at radius 1 is 1.07 bits per heavy atom. The first kappa shape index (κ1) is 21.3. The van der Waals surface area contributed by atoms with Crippen molar-refractivity contribution < 1.29 is 17.9 Å². The number of rotatable bonds is 9. The van der Waals surface area contributed by atoms with Gasteiger partial charge in [0.1, 0.15) is 28.0 Å². The van der Waals surface area contributed by atoms with Gasteiger partial charge in [-0.3, -0.25) is 0 Å². The summed E-state index contributed by atoms with van der Waals surface area (Å²) < 4.78 is 39.5. The quantitative estimate of drug-likeness (QED) is 0.666. The molecular formula is C20H28N4O4S. The zero-order chi connectivity index (χ0) is 20.9. The molecule has 0 amide bonds. The van der Waals surface area contributed by atoms with E-state index in [0.717, 1.165) is 37.4 Å². The average molecular weight is 421 g/mol. The van der Waals surface area contributed by atoms with E-state index in [1.54, 1.807) is 19.1 Å². The third-order valence-electron chi connectivity index (χ3n) is 4.55. The van der Waals surface area contributed by atoms with E-state index in [4.69, 9.17) is 9.47 Å². The van der Waals surface area contributed by atoms with Crippen molar-refractivity contribution in [3.8, 4) is 11.5 Å². The summed E-state index contributed by atoms with van der Waals surface area (Å²) in [6, 6.07) is 6.71. The fourth-order valence-electron chi connectivity index (χ4n) is 3.27. The Hall–Kier alpha value is -2.39. The van der Waals surface area contributed by atoms with Crippen LogP contribution in [0.2, 0.25) is 0 Å². The third-order valence-corrected chi connectivity index (χ3v) is 5.98. The van der Waals surface area contributed by atoms with Gasteiger partial charge >= 0.3 is 0 Å². The Labute approximate surface area is 172 Å². The monoisotopic (exact) mass is 420 g/mol. The molecule has 0 spiro atoms. The molecule has 0 radical (unpaired) electrons. The highest BCUT2D eigenvalue weighted by Gasteiger charge is 2.22. The van der Waals surface area contributed by atoms with Crippen molar-refractivity contribution >= 4 is 15.8 Å². The van der Waals surface area contributed by atoms with Gasteiger partial charge < -0.3 is 14.4 Å². The number of ether oxygens (including phenoxy) is 2. The zero-order valence-corrected chi connectivity index (χ0v) is 18.0. The Bertz CT molecular complexity index is 943.